The van der Waals surface area contributed by atoms with Crippen LogP contribution in [0.1, 0.15) is 29.4 Å². The molecule has 1 aromatic heterocycles. The maximum Gasteiger partial charge on any atom is 0.273 e. The molecule has 0 unspecified atom stereocenters. The van der Waals surface area contributed by atoms with E-state index in [-0.39, 0.29) is 5.91 Å². The van der Waals surface area contributed by atoms with Crippen LogP contribution in [-0.4, -0.2) is 41.2 Å². The molecular weight excluding hydrogens is 264 g/mol. The minimum atomic E-state index is -0.0876. The van der Waals surface area contributed by atoms with Crippen molar-refractivity contribution in [3.63, 3.8) is 0 Å². The Labute approximate surface area is 125 Å². The first kappa shape index (κ1) is 15.3. The molecule has 5 heteroatoms. The minimum absolute atomic E-state index is 0.0876. The Hall–Kier alpha value is -2.14. The van der Waals surface area contributed by atoms with Crippen molar-refractivity contribution in [2.45, 2.75) is 19.9 Å². The van der Waals surface area contributed by atoms with Crippen molar-refractivity contribution in [3.8, 4) is 5.69 Å². The summed E-state index contributed by atoms with van der Waals surface area (Å²) in [4.78, 5) is 13.5. The van der Waals surface area contributed by atoms with Crippen molar-refractivity contribution < 1.29 is 4.79 Å². The van der Waals surface area contributed by atoms with Gasteiger partial charge in [-0.2, -0.15) is 5.10 Å². The molecule has 5 nitrogen and oxygen atoms in total. The van der Waals surface area contributed by atoms with Crippen LogP contribution in [0.25, 0.3) is 5.69 Å². The maximum absolute atomic E-state index is 11.9. The third-order valence-electron chi connectivity index (χ3n) is 3.20. The van der Waals surface area contributed by atoms with Crippen LogP contribution in [-0.2, 0) is 6.54 Å². The van der Waals surface area contributed by atoms with Crippen molar-refractivity contribution in [2.24, 2.45) is 0 Å². The molecule has 0 aliphatic heterocycles. The van der Waals surface area contributed by atoms with E-state index in [2.05, 4.69) is 23.4 Å². The monoisotopic (exact) mass is 286 g/mol. The Bertz CT molecular complexity index is 604. The highest BCUT2D eigenvalue weighted by Gasteiger charge is 2.13. The van der Waals surface area contributed by atoms with Crippen LogP contribution in [0.2, 0.25) is 0 Å². The quantitative estimate of drug-likeness (QED) is 0.827. The Balaban J connectivity index is 2.24. The lowest BCUT2D eigenvalue weighted by atomic mass is 10.2. The molecule has 2 aromatic rings. The van der Waals surface area contributed by atoms with Crippen LogP contribution in [0.5, 0.6) is 0 Å². The Morgan fingerprint density at radius 2 is 2.05 bits per heavy atom. The zero-order chi connectivity index (χ0) is 15.2. The van der Waals surface area contributed by atoms with Gasteiger partial charge in [0.2, 0.25) is 0 Å². The SMILES string of the molecule is CCCNCc1ccccc1-n1ccc(C(=O)N(C)C)n1. The molecule has 1 aromatic carbocycles. The fourth-order valence-electron chi connectivity index (χ4n) is 2.08. The molecule has 0 fully saturated rings. The van der Waals surface area contributed by atoms with Gasteiger partial charge in [-0.3, -0.25) is 4.79 Å². The van der Waals surface area contributed by atoms with E-state index in [1.54, 1.807) is 24.8 Å². The van der Waals surface area contributed by atoms with Gasteiger partial charge in [-0.25, -0.2) is 4.68 Å². The van der Waals surface area contributed by atoms with Gasteiger partial charge in [-0.05, 0) is 30.7 Å². The predicted octanol–water partition coefficient (Wildman–Crippen LogP) is 2.07. The molecule has 0 atom stereocenters. The Morgan fingerprint density at radius 1 is 1.29 bits per heavy atom. The van der Waals surface area contributed by atoms with Crippen LogP contribution in [0.4, 0.5) is 0 Å². The van der Waals surface area contributed by atoms with Crippen molar-refractivity contribution >= 4 is 5.91 Å². The normalized spacial score (nSPS) is 10.6. The molecule has 112 valence electrons. The molecule has 0 bridgehead atoms. The molecule has 0 radical (unpaired) electrons. The average molecular weight is 286 g/mol. The number of amides is 1. The molecule has 0 saturated carbocycles. The van der Waals surface area contributed by atoms with E-state index in [1.807, 2.05) is 24.4 Å². The number of aromatic nitrogens is 2. The second-order valence-corrected chi connectivity index (χ2v) is 5.15. The van der Waals surface area contributed by atoms with E-state index in [4.69, 9.17) is 0 Å². The number of nitrogens with zero attached hydrogens (tertiary/aromatic N) is 3. The van der Waals surface area contributed by atoms with Gasteiger partial charge in [0, 0.05) is 26.8 Å². The molecule has 1 heterocycles. The largest absolute Gasteiger partial charge is 0.343 e. The highest BCUT2D eigenvalue weighted by atomic mass is 16.2. The average Bonchev–Trinajstić information content (AvgIpc) is 2.96. The first-order valence-electron chi connectivity index (χ1n) is 7.19. The van der Waals surface area contributed by atoms with Crippen LogP contribution in [0.15, 0.2) is 36.5 Å². The fraction of sp³-hybridized carbons (Fsp3) is 0.375. The molecule has 0 saturated heterocycles. The number of rotatable bonds is 6. The Morgan fingerprint density at radius 3 is 2.76 bits per heavy atom. The van der Waals surface area contributed by atoms with Crippen molar-refractivity contribution in [1.29, 1.82) is 0 Å². The number of hydrogen-bond donors (Lipinski definition) is 1. The summed E-state index contributed by atoms with van der Waals surface area (Å²) in [7, 11) is 3.45. The fourth-order valence-corrected chi connectivity index (χ4v) is 2.08. The highest BCUT2D eigenvalue weighted by molar-refractivity contribution is 5.91. The van der Waals surface area contributed by atoms with Gasteiger partial charge in [0.1, 0.15) is 0 Å². The summed E-state index contributed by atoms with van der Waals surface area (Å²) in [5.74, 6) is -0.0876. The van der Waals surface area contributed by atoms with E-state index >= 15 is 0 Å². The summed E-state index contributed by atoms with van der Waals surface area (Å²) in [5, 5.41) is 7.78. The number of para-hydroxylation sites is 1. The molecule has 0 aliphatic rings. The summed E-state index contributed by atoms with van der Waals surface area (Å²) < 4.78 is 1.76. The van der Waals surface area contributed by atoms with Gasteiger partial charge in [0.15, 0.2) is 5.69 Å². The van der Waals surface area contributed by atoms with Crippen molar-refractivity contribution in [3.05, 3.63) is 47.8 Å². The zero-order valence-corrected chi connectivity index (χ0v) is 12.8. The first-order valence-corrected chi connectivity index (χ1v) is 7.19. The van der Waals surface area contributed by atoms with E-state index in [0.29, 0.717) is 5.69 Å². The third-order valence-corrected chi connectivity index (χ3v) is 3.20. The topological polar surface area (TPSA) is 50.2 Å². The second-order valence-electron chi connectivity index (χ2n) is 5.15. The standard InChI is InChI=1S/C16H22N4O/c1-4-10-17-12-13-7-5-6-8-15(13)20-11-9-14(18-20)16(21)19(2)3/h5-9,11,17H,4,10,12H2,1-3H3. The number of nitrogens with one attached hydrogen (secondary N) is 1. The van der Waals surface area contributed by atoms with Gasteiger partial charge in [-0.15, -0.1) is 0 Å². The number of hydrogen-bond acceptors (Lipinski definition) is 3. The third kappa shape index (κ3) is 3.70. The molecule has 0 aliphatic carbocycles. The van der Waals surface area contributed by atoms with Gasteiger partial charge in [0.25, 0.3) is 5.91 Å². The molecule has 21 heavy (non-hydrogen) atoms. The summed E-state index contributed by atoms with van der Waals surface area (Å²) in [6.45, 7) is 3.92. The van der Waals surface area contributed by atoms with Gasteiger partial charge in [-0.1, -0.05) is 25.1 Å². The zero-order valence-electron chi connectivity index (χ0n) is 12.8. The van der Waals surface area contributed by atoms with Crippen molar-refractivity contribution in [1.82, 2.24) is 20.0 Å². The van der Waals surface area contributed by atoms with E-state index in [1.165, 1.54) is 4.90 Å². The molecule has 2 rings (SSSR count). The molecular formula is C16H22N4O. The van der Waals surface area contributed by atoms with Gasteiger partial charge < -0.3 is 10.2 Å². The van der Waals surface area contributed by atoms with E-state index < -0.39 is 0 Å². The lowest BCUT2D eigenvalue weighted by molar-refractivity contribution is 0.0821. The predicted molar refractivity (Wildman–Crippen MR) is 83.6 cm³/mol. The molecule has 1 N–H and O–H groups in total. The summed E-state index contributed by atoms with van der Waals surface area (Å²) in [6.07, 6.45) is 2.93. The van der Waals surface area contributed by atoms with E-state index in [0.717, 1.165) is 30.8 Å². The minimum Gasteiger partial charge on any atom is -0.343 e. The number of carbonyl (C=O) groups excluding carboxylic acids is 1. The van der Waals surface area contributed by atoms with Gasteiger partial charge >= 0.3 is 0 Å². The first-order chi connectivity index (χ1) is 10.1. The Kier molecular flexibility index (Phi) is 5.11. The van der Waals surface area contributed by atoms with Crippen LogP contribution < -0.4 is 5.32 Å². The molecule has 0 spiro atoms. The summed E-state index contributed by atoms with van der Waals surface area (Å²) in [6, 6.07) is 9.83. The lowest BCUT2D eigenvalue weighted by Crippen LogP contribution is -2.22. The van der Waals surface area contributed by atoms with Crippen LogP contribution in [0.3, 0.4) is 0 Å². The van der Waals surface area contributed by atoms with Gasteiger partial charge in [0.05, 0.1) is 5.69 Å². The smallest absolute Gasteiger partial charge is 0.273 e. The number of carbonyl (C=O) groups is 1. The van der Waals surface area contributed by atoms with Crippen LogP contribution in [0, 0.1) is 0 Å². The molecule has 1 amide bonds. The number of benzene rings is 1. The summed E-state index contributed by atoms with van der Waals surface area (Å²) >= 11 is 0. The highest BCUT2D eigenvalue weighted by Crippen LogP contribution is 2.14. The summed E-state index contributed by atoms with van der Waals surface area (Å²) in [5.41, 5.74) is 2.62. The lowest BCUT2D eigenvalue weighted by Gasteiger charge is -2.10. The second kappa shape index (κ2) is 7.04. The van der Waals surface area contributed by atoms with E-state index in [9.17, 15) is 4.79 Å². The maximum atomic E-state index is 11.9. The van der Waals surface area contributed by atoms with Crippen molar-refractivity contribution in [2.75, 3.05) is 20.6 Å². The van der Waals surface area contributed by atoms with Crippen LogP contribution >= 0.6 is 0 Å².